The molecule has 0 aromatic carbocycles. The van der Waals surface area contributed by atoms with E-state index in [0.717, 1.165) is 0 Å². The Hall–Kier alpha value is -0.780. The van der Waals surface area contributed by atoms with Gasteiger partial charge in [-0.3, -0.25) is 0 Å². The summed E-state index contributed by atoms with van der Waals surface area (Å²) < 4.78 is 0. The zero-order valence-electron chi connectivity index (χ0n) is 11.7. The van der Waals surface area contributed by atoms with Crippen molar-refractivity contribution >= 4 is 0 Å². The van der Waals surface area contributed by atoms with Crippen LogP contribution in [0.1, 0.15) is 60.3 Å². The van der Waals surface area contributed by atoms with E-state index in [1.54, 1.807) is 0 Å². The molecule has 0 saturated heterocycles. The first-order valence-corrected chi connectivity index (χ1v) is 6.67. The molecule has 0 heteroatoms. The van der Waals surface area contributed by atoms with Crippen LogP contribution in [0.4, 0.5) is 0 Å². The van der Waals surface area contributed by atoms with Crippen LogP contribution in [0.5, 0.6) is 0 Å². The van der Waals surface area contributed by atoms with E-state index in [-0.39, 0.29) is 0 Å². The van der Waals surface area contributed by atoms with Crippen LogP contribution < -0.4 is 0 Å². The lowest BCUT2D eigenvalue weighted by Crippen LogP contribution is -1.92. The predicted molar refractivity (Wildman–Crippen MR) is 75.6 cm³/mol. The summed E-state index contributed by atoms with van der Waals surface area (Å²) in [6.07, 6.45) is 13.9. The Morgan fingerprint density at radius 2 is 1.38 bits per heavy atom. The average molecular weight is 220 g/mol. The third kappa shape index (κ3) is 6.66. The van der Waals surface area contributed by atoms with Crippen LogP contribution in [-0.2, 0) is 0 Å². The Bertz CT molecular complexity index is 233. The van der Waals surface area contributed by atoms with E-state index in [0.29, 0.717) is 5.92 Å². The van der Waals surface area contributed by atoms with Crippen molar-refractivity contribution in [3.63, 3.8) is 0 Å². The lowest BCUT2D eigenvalue weighted by molar-refractivity contribution is 0.763. The van der Waals surface area contributed by atoms with Gasteiger partial charge in [-0.15, -0.1) is 0 Å². The number of unbranched alkanes of at least 4 members (excludes halogenated alkanes) is 2. The molecule has 0 N–H and O–H groups in total. The number of hydrogen-bond acceptors (Lipinski definition) is 0. The van der Waals surface area contributed by atoms with Crippen LogP contribution >= 0.6 is 0 Å². The average Bonchev–Trinajstić information content (AvgIpc) is 2.26. The van der Waals surface area contributed by atoms with E-state index in [2.05, 4.69) is 58.9 Å². The van der Waals surface area contributed by atoms with E-state index >= 15 is 0 Å². The van der Waals surface area contributed by atoms with E-state index in [1.165, 1.54) is 36.8 Å². The first-order chi connectivity index (χ1) is 7.63. The van der Waals surface area contributed by atoms with Gasteiger partial charge in [0.2, 0.25) is 0 Å². The highest BCUT2D eigenvalue weighted by molar-refractivity contribution is 5.35. The molecule has 0 nitrogen and oxygen atoms in total. The number of allylic oxidation sites excluding steroid dienone is 6. The number of rotatable bonds is 7. The fraction of sp³-hybridized carbons (Fsp3) is 0.625. The molecule has 0 radical (unpaired) electrons. The van der Waals surface area contributed by atoms with Crippen molar-refractivity contribution in [3.05, 3.63) is 35.5 Å². The minimum atomic E-state index is 0.632. The Labute approximate surface area is 102 Å². The van der Waals surface area contributed by atoms with Crippen LogP contribution in [0.15, 0.2) is 35.5 Å². The molecule has 0 aliphatic rings. The topological polar surface area (TPSA) is 0 Å². The fourth-order valence-corrected chi connectivity index (χ4v) is 1.41. The lowest BCUT2D eigenvalue weighted by Gasteiger charge is -2.08. The second-order valence-corrected chi connectivity index (χ2v) is 4.68. The predicted octanol–water partition coefficient (Wildman–Crippen LogP) is 5.67. The maximum Gasteiger partial charge on any atom is -0.0254 e. The summed E-state index contributed by atoms with van der Waals surface area (Å²) in [7, 11) is 0. The van der Waals surface area contributed by atoms with Gasteiger partial charge >= 0.3 is 0 Å². The molecule has 0 amide bonds. The second kappa shape index (κ2) is 9.45. The van der Waals surface area contributed by atoms with Crippen molar-refractivity contribution in [3.8, 4) is 0 Å². The molecule has 0 saturated carbocycles. The van der Waals surface area contributed by atoms with E-state index in [9.17, 15) is 0 Å². The smallest absolute Gasteiger partial charge is 0.0254 e. The van der Waals surface area contributed by atoms with Gasteiger partial charge in [0.15, 0.2) is 0 Å². The summed E-state index contributed by atoms with van der Waals surface area (Å²) in [6.45, 7) is 11.2. The molecule has 0 bridgehead atoms. The maximum atomic E-state index is 2.29. The Morgan fingerprint density at radius 3 is 1.69 bits per heavy atom. The largest absolute Gasteiger partial charge is 0.0840 e. The summed E-state index contributed by atoms with van der Waals surface area (Å²) in [4.78, 5) is 0. The second-order valence-electron chi connectivity index (χ2n) is 4.68. The minimum absolute atomic E-state index is 0.632. The summed E-state index contributed by atoms with van der Waals surface area (Å²) in [5.41, 5.74) is 2.89. The molecule has 0 atom stereocenters. The highest BCUT2D eigenvalue weighted by atomic mass is 14.1. The van der Waals surface area contributed by atoms with Gasteiger partial charge in [-0.2, -0.15) is 0 Å². The highest BCUT2D eigenvalue weighted by Crippen LogP contribution is 2.17. The fourth-order valence-electron chi connectivity index (χ4n) is 1.41. The summed E-state index contributed by atoms with van der Waals surface area (Å²) in [5, 5.41) is 0. The standard InChI is InChI=1S/C16H28/c1-6-8-10-12-16(13-11-9-7-2)15(5)14(3)4/h10-14H,6-9H2,1-5H3. The van der Waals surface area contributed by atoms with Crippen molar-refractivity contribution in [1.29, 1.82) is 0 Å². The van der Waals surface area contributed by atoms with Gasteiger partial charge in [-0.05, 0) is 31.3 Å². The molecule has 0 spiro atoms. The van der Waals surface area contributed by atoms with E-state index < -0.39 is 0 Å². The zero-order chi connectivity index (χ0) is 12.4. The SMILES string of the molecule is CCCC=CC(C=CCCC)=C(C)C(C)C. The molecular formula is C16H28. The molecule has 0 aromatic heterocycles. The monoisotopic (exact) mass is 220 g/mol. The van der Waals surface area contributed by atoms with Crippen LogP contribution in [0.2, 0.25) is 0 Å². The zero-order valence-corrected chi connectivity index (χ0v) is 11.7. The first-order valence-electron chi connectivity index (χ1n) is 6.67. The summed E-state index contributed by atoms with van der Waals surface area (Å²) in [5.74, 6) is 0.632. The maximum absolute atomic E-state index is 2.29. The minimum Gasteiger partial charge on any atom is -0.0840 e. The number of hydrogen-bond donors (Lipinski definition) is 0. The summed E-state index contributed by atoms with van der Waals surface area (Å²) in [6, 6.07) is 0. The van der Waals surface area contributed by atoms with Crippen LogP contribution in [-0.4, -0.2) is 0 Å². The van der Waals surface area contributed by atoms with Crippen molar-refractivity contribution in [1.82, 2.24) is 0 Å². The van der Waals surface area contributed by atoms with Crippen molar-refractivity contribution in [2.75, 3.05) is 0 Å². The van der Waals surface area contributed by atoms with Crippen LogP contribution in [0, 0.1) is 5.92 Å². The van der Waals surface area contributed by atoms with Gasteiger partial charge in [0.25, 0.3) is 0 Å². The van der Waals surface area contributed by atoms with Crippen molar-refractivity contribution in [2.24, 2.45) is 5.92 Å². The molecule has 0 unspecified atom stereocenters. The third-order valence-corrected chi connectivity index (χ3v) is 2.83. The molecule has 0 rings (SSSR count). The van der Waals surface area contributed by atoms with Crippen LogP contribution in [0.3, 0.4) is 0 Å². The molecule has 0 fully saturated rings. The van der Waals surface area contributed by atoms with Gasteiger partial charge in [0, 0.05) is 0 Å². The quantitative estimate of drug-likeness (QED) is 0.485. The highest BCUT2D eigenvalue weighted by Gasteiger charge is 2.00. The Morgan fingerprint density at radius 1 is 0.938 bits per heavy atom. The van der Waals surface area contributed by atoms with E-state index in [1.807, 2.05) is 0 Å². The Balaban J connectivity index is 4.70. The molecule has 0 aromatic rings. The van der Waals surface area contributed by atoms with E-state index in [4.69, 9.17) is 0 Å². The van der Waals surface area contributed by atoms with Crippen molar-refractivity contribution < 1.29 is 0 Å². The first kappa shape index (κ1) is 15.2. The van der Waals surface area contributed by atoms with Crippen LogP contribution in [0.25, 0.3) is 0 Å². The Kier molecular flexibility index (Phi) is 8.99. The van der Waals surface area contributed by atoms with Gasteiger partial charge < -0.3 is 0 Å². The van der Waals surface area contributed by atoms with Gasteiger partial charge in [0.1, 0.15) is 0 Å². The van der Waals surface area contributed by atoms with Gasteiger partial charge in [-0.25, -0.2) is 0 Å². The molecule has 0 aliphatic carbocycles. The van der Waals surface area contributed by atoms with Gasteiger partial charge in [-0.1, -0.05) is 70.4 Å². The molecule has 0 aliphatic heterocycles. The summed E-state index contributed by atoms with van der Waals surface area (Å²) >= 11 is 0. The lowest BCUT2D eigenvalue weighted by atomic mass is 9.97. The normalized spacial score (nSPS) is 11.9. The molecule has 16 heavy (non-hydrogen) atoms. The third-order valence-electron chi connectivity index (χ3n) is 2.83. The van der Waals surface area contributed by atoms with Gasteiger partial charge in [0.05, 0.1) is 0 Å². The molecular weight excluding hydrogens is 192 g/mol. The van der Waals surface area contributed by atoms with Crippen molar-refractivity contribution in [2.45, 2.75) is 60.3 Å². The molecule has 0 heterocycles. The molecule has 92 valence electrons.